The normalized spacial score (nSPS) is 23.0. The van der Waals surface area contributed by atoms with Crippen molar-refractivity contribution < 1.29 is 0 Å². The maximum Gasteiger partial charge on any atom is 0.239 e. The largest absolute Gasteiger partial charge is 0.281 e. The quantitative estimate of drug-likeness (QED) is 0.483. The third-order valence-electron chi connectivity index (χ3n) is 6.17. The molecule has 1 N–H and O–H groups in total. The number of hydrogen-bond donors (Lipinski definition) is 1. The van der Waals surface area contributed by atoms with Gasteiger partial charge in [0.25, 0.3) is 0 Å². The second-order valence-electron chi connectivity index (χ2n) is 7.88. The van der Waals surface area contributed by atoms with E-state index in [1.54, 1.807) is 0 Å². The van der Waals surface area contributed by atoms with Crippen LogP contribution < -0.4 is 10.3 Å². The molecule has 0 spiro atoms. The first-order chi connectivity index (χ1) is 15.4. The first-order valence-electron chi connectivity index (χ1n) is 10.3. The summed E-state index contributed by atoms with van der Waals surface area (Å²) in [4.78, 5) is 3.52. The topological polar surface area (TPSA) is 58.3 Å². The Balaban J connectivity index is 1.45. The van der Waals surface area contributed by atoms with Crippen LogP contribution in [0.1, 0.15) is 43.8 Å². The number of rotatable bonds is 2. The molecule has 152 valence electrons. The summed E-state index contributed by atoms with van der Waals surface area (Å²) in [6.07, 6.45) is 4.61. The summed E-state index contributed by atoms with van der Waals surface area (Å²) in [5, 5.41) is 14.8. The zero-order chi connectivity index (χ0) is 20.4. The van der Waals surface area contributed by atoms with E-state index in [2.05, 4.69) is 103 Å². The number of fused-ring (bicyclic) bond motifs is 8. The third kappa shape index (κ3) is 2.55. The first-order valence-corrected chi connectivity index (χ1v) is 12.0. The van der Waals surface area contributed by atoms with Gasteiger partial charge in [-0.1, -0.05) is 60.7 Å². The van der Waals surface area contributed by atoms with Crippen LogP contribution in [0.2, 0.25) is 0 Å². The van der Waals surface area contributed by atoms with E-state index in [0.29, 0.717) is 10.5 Å². The van der Waals surface area contributed by atoms with E-state index in [4.69, 9.17) is 0 Å². The zero-order valence-electron chi connectivity index (χ0n) is 16.4. The van der Waals surface area contributed by atoms with E-state index in [-0.39, 0.29) is 6.17 Å². The number of nitrogens with one attached hydrogen (secondary N) is 1. The van der Waals surface area contributed by atoms with Crippen molar-refractivity contribution >= 4 is 35.4 Å². The summed E-state index contributed by atoms with van der Waals surface area (Å²) in [7, 11) is 0. The van der Waals surface area contributed by atoms with Crippen LogP contribution >= 0.6 is 23.1 Å². The molecule has 3 atom stereocenters. The van der Waals surface area contributed by atoms with Crippen molar-refractivity contribution in [3.63, 3.8) is 0 Å². The van der Waals surface area contributed by atoms with Gasteiger partial charge in [-0.05, 0) is 23.1 Å². The van der Waals surface area contributed by atoms with Gasteiger partial charge in [0.05, 0.1) is 5.25 Å². The minimum Gasteiger partial charge on any atom is -0.281 e. The van der Waals surface area contributed by atoms with Crippen LogP contribution in [0.15, 0.2) is 72.1 Å². The molecule has 31 heavy (non-hydrogen) atoms. The Hall–Kier alpha value is -3.10. The number of thiophene rings is 1. The fourth-order valence-electron chi connectivity index (χ4n) is 4.76. The highest BCUT2D eigenvalue weighted by Crippen LogP contribution is 2.57. The van der Waals surface area contributed by atoms with Crippen LogP contribution in [0.25, 0.3) is 5.00 Å². The number of hydrogen-bond acceptors (Lipinski definition) is 7. The minimum absolute atomic E-state index is 0.0253. The van der Waals surface area contributed by atoms with Gasteiger partial charge in [0, 0.05) is 15.7 Å². The molecule has 2 aromatic heterocycles. The number of hydrazone groups is 1. The lowest BCUT2D eigenvalue weighted by Gasteiger charge is -2.33. The monoisotopic (exact) mass is 442 g/mol. The lowest BCUT2D eigenvalue weighted by atomic mass is 9.95. The molecule has 4 aromatic rings. The SMILES string of the molecule is C1=NNC2c3c(sc4c3C[C@H](c3ccccc3)S[C@@H]4c3ccccc3)-n3cnnc3N12. The molecule has 5 heterocycles. The van der Waals surface area contributed by atoms with Gasteiger partial charge in [0.1, 0.15) is 17.7 Å². The molecule has 0 radical (unpaired) electrons. The number of aromatic nitrogens is 3. The van der Waals surface area contributed by atoms with E-state index >= 15 is 0 Å². The minimum atomic E-state index is -0.0253. The third-order valence-corrected chi connectivity index (χ3v) is 9.18. The number of benzene rings is 2. The molecule has 0 bridgehead atoms. The fourth-order valence-corrected chi connectivity index (χ4v) is 7.90. The Morgan fingerprint density at radius 2 is 1.74 bits per heavy atom. The van der Waals surface area contributed by atoms with Crippen molar-refractivity contribution in [3.05, 3.63) is 94.1 Å². The number of nitrogens with zero attached hydrogens (tertiary/aromatic N) is 5. The van der Waals surface area contributed by atoms with Crippen LogP contribution in [0.3, 0.4) is 0 Å². The lowest BCUT2D eigenvalue weighted by Crippen LogP contribution is -2.35. The second kappa shape index (κ2) is 6.70. The Bertz CT molecular complexity index is 1300. The van der Waals surface area contributed by atoms with Gasteiger partial charge in [0.15, 0.2) is 6.17 Å². The summed E-state index contributed by atoms with van der Waals surface area (Å²) in [5.41, 5.74) is 8.79. The van der Waals surface area contributed by atoms with Gasteiger partial charge in [-0.2, -0.15) is 5.10 Å². The molecule has 0 saturated heterocycles. The van der Waals surface area contributed by atoms with E-state index in [9.17, 15) is 0 Å². The lowest BCUT2D eigenvalue weighted by molar-refractivity contribution is 0.586. The smallest absolute Gasteiger partial charge is 0.239 e. The zero-order valence-corrected chi connectivity index (χ0v) is 18.1. The molecule has 0 saturated carbocycles. The molecule has 8 heteroatoms. The molecule has 6 nitrogen and oxygen atoms in total. The molecule has 0 aliphatic carbocycles. The van der Waals surface area contributed by atoms with Gasteiger partial charge in [-0.25, -0.2) is 0 Å². The predicted molar refractivity (Wildman–Crippen MR) is 125 cm³/mol. The molecule has 3 aliphatic rings. The van der Waals surface area contributed by atoms with Crippen molar-refractivity contribution in [2.75, 3.05) is 4.90 Å². The van der Waals surface area contributed by atoms with Crippen molar-refractivity contribution in [3.8, 4) is 5.00 Å². The van der Waals surface area contributed by atoms with E-state index < -0.39 is 0 Å². The predicted octanol–water partition coefficient (Wildman–Crippen LogP) is 4.81. The molecule has 0 fully saturated rings. The summed E-state index contributed by atoms with van der Waals surface area (Å²) in [6, 6.07) is 21.8. The average molecular weight is 443 g/mol. The number of anilines is 1. The summed E-state index contributed by atoms with van der Waals surface area (Å²) < 4.78 is 2.11. The van der Waals surface area contributed by atoms with Crippen molar-refractivity contribution in [2.45, 2.75) is 23.1 Å². The van der Waals surface area contributed by atoms with Gasteiger partial charge >= 0.3 is 0 Å². The Morgan fingerprint density at radius 3 is 2.55 bits per heavy atom. The summed E-state index contributed by atoms with van der Waals surface area (Å²) >= 11 is 3.93. The van der Waals surface area contributed by atoms with Crippen LogP contribution in [-0.2, 0) is 6.42 Å². The molecule has 2 aromatic carbocycles. The molecule has 0 amide bonds. The Labute approximate surface area is 187 Å². The highest BCUT2D eigenvalue weighted by molar-refractivity contribution is 8.00. The van der Waals surface area contributed by atoms with E-state index in [0.717, 1.165) is 12.4 Å². The van der Waals surface area contributed by atoms with Crippen LogP contribution in [0.4, 0.5) is 5.95 Å². The van der Waals surface area contributed by atoms with Gasteiger partial charge in [-0.15, -0.1) is 33.3 Å². The van der Waals surface area contributed by atoms with Gasteiger partial charge in [-0.3, -0.25) is 14.9 Å². The van der Waals surface area contributed by atoms with E-state index in [1.165, 1.54) is 32.1 Å². The highest BCUT2D eigenvalue weighted by Gasteiger charge is 2.43. The Morgan fingerprint density at radius 1 is 0.968 bits per heavy atom. The maximum absolute atomic E-state index is 4.36. The molecular weight excluding hydrogens is 424 g/mol. The fraction of sp³-hybridized carbons (Fsp3) is 0.174. The summed E-state index contributed by atoms with van der Waals surface area (Å²) in [6.45, 7) is 0. The standard InChI is InChI=1S/C23H18N6S2/c1-3-7-14(8-4-1)17-11-16-18-21-26-24-12-28(21)23-27-25-13-29(23)22(18)31-20(16)19(30-17)15-9-5-2-6-10-15/h1-10,12-13,17,19,21,26H,11H2/t17-,19-,21?/m1/s1. The van der Waals surface area contributed by atoms with Crippen molar-refractivity contribution in [1.29, 1.82) is 0 Å². The van der Waals surface area contributed by atoms with Crippen molar-refractivity contribution in [2.24, 2.45) is 5.10 Å². The van der Waals surface area contributed by atoms with Crippen LogP contribution in [-0.4, -0.2) is 21.1 Å². The highest BCUT2D eigenvalue weighted by atomic mass is 32.2. The van der Waals surface area contributed by atoms with Gasteiger partial charge < -0.3 is 0 Å². The van der Waals surface area contributed by atoms with Crippen LogP contribution in [0, 0.1) is 0 Å². The second-order valence-corrected chi connectivity index (χ2v) is 10.2. The molecule has 3 aliphatic heterocycles. The Kier molecular flexibility index (Phi) is 3.80. The van der Waals surface area contributed by atoms with E-state index in [1.807, 2.05) is 24.0 Å². The average Bonchev–Trinajstić information content (AvgIpc) is 3.56. The van der Waals surface area contributed by atoms with Crippen LogP contribution in [0.5, 0.6) is 0 Å². The molecular formula is C23H18N6S2. The number of thioether (sulfide) groups is 1. The van der Waals surface area contributed by atoms with Gasteiger partial charge in [0.2, 0.25) is 5.95 Å². The summed E-state index contributed by atoms with van der Waals surface area (Å²) in [5.74, 6) is 0.813. The first kappa shape index (κ1) is 17.6. The van der Waals surface area contributed by atoms with Crippen molar-refractivity contribution in [1.82, 2.24) is 20.2 Å². The molecule has 7 rings (SSSR count). The maximum atomic E-state index is 4.36. The molecule has 1 unspecified atom stereocenters.